The summed E-state index contributed by atoms with van der Waals surface area (Å²) in [6, 6.07) is 2.59. The Labute approximate surface area is 116 Å². The summed E-state index contributed by atoms with van der Waals surface area (Å²) >= 11 is 0. The molecule has 1 aromatic heterocycles. The molecule has 0 saturated carbocycles. The number of aliphatic hydroxyl groups is 1. The average Bonchev–Trinajstić information content (AvgIpc) is 2.44. The molecule has 0 atom stereocenters. The van der Waals surface area contributed by atoms with Gasteiger partial charge in [-0.1, -0.05) is 11.8 Å². The van der Waals surface area contributed by atoms with Crippen LogP contribution < -0.4 is 16.4 Å². The van der Waals surface area contributed by atoms with E-state index in [-0.39, 0.29) is 31.3 Å². The fraction of sp³-hybridized carbons (Fsp3) is 0.308. The summed E-state index contributed by atoms with van der Waals surface area (Å²) in [6.45, 7) is 0.535. The number of primary amides is 1. The first-order chi connectivity index (χ1) is 9.63. The quantitative estimate of drug-likeness (QED) is 0.416. The molecule has 0 unspecified atom stereocenters. The molecule has 5 N–H and O–H groups in total. The summed E-state index contributed by atoms with van der Waals surface area (Å²) in [4.78, 5) is 26.1. The van der Waals surface area contributed by atoms with Gasteiger partial charge in [-0.25, -0.2) is 9.78 Å². The number of aromatic nitrogens is 1. The van der Waals surface area contributed by atoms with E-state index >= 15 is 0 Å². The Bertz CT molecular complexity index is 517. The molecule has 0 aliphatic heterocycles. The van der Waals surface area contributed by atoms with Crippen molar-refractivity contribution in [3.8, 4) is 11.8 Å². The number of carbonyl (C=O) groups excluding carboxylic acids is 2. The predicted octanol–water partition coefficient (Wildman–Crippen LogP) is -0.786. The summed E-state index contributed by atoms with van der Waals surface area (Å²) in [6.07, 6.45) is 1.88. The van der Waals surface area contributed by atoms with Crippen LogP contribution >= 0.6 is 0 Å². The molecule has 1 rings (SSSR count). The summed E-state index contributed by atoms with van der Waals surface area (Å²) in [5.41, 5.74) is 5.82. The lowest BCUT2D eigenvalue weighted by molar-refractivity contribution is 0.0949. The minimum atomic E-state index is -0.636. The molecule has 0 radical (unpaired) electrons. The number of nitrogens with two attached hydrogens (primary N) is 1. The van der Waals surface area contributed by atoms with Gasteiger partial charge in [0, 0.05) is 31.3 Å². The molecule has 0 bridgehead atoms. The molecule has 20 heavy (non-hydrogen) atoms. The summed E-state index contributed by atoms with van der Waals surface area (Å²) in [5.74, 6) is 5.23. The second kappa shape index (κ2) is 8.50. The zero-order valence-corrected chi connectivity index (χ0v) is 10.8. The van der Waals surface area contributed by atoms with E-state index in [9.17, 15) is 9.59 Å². The van der Waals surface area contributed by atoms with E-state index in [1.54, 1.807) is 12.1 Å². The fourth-order valence-corrected chi connectivity index (χ4v) is 1.27. The van der Waals surface area contributed by atoms with Gasteiger partial charge in [0.2, 0.25) is 0 Å². The van der Waals surface area contributed by atoms with Crippen LogP contribution in [-0.2, 0) is 0 Å². The maximum Gasteiger partial charge on any atom is 0.312 e. The fourth-order valence-electron chi connectivity index (χ4n) is 1.27. The molecule has 0 aliphatic rings. The Hall–Kier alpha value is -2.59. The van der Waals surface area contributed by atoms with Crippen LogP contribution in [0.4, 0.5) is 4.79 Å². The minimum absolute atomic E-state index is 0.0141. The number of amides is 3. The zero-order chi connectivity index (χ0) is 14.8. The molecule has 0 aromatic carbocycles. The van der Waals surface area contributed by atoms with E-state index < -0.39 is 6.03 Å². The van der Waals surface area contributed by atoms with Crippen LogP contribution in [0.2, 0.25) is 0 Å². The van der Waals surface area contributed by atoms with Crippen molar-refractivity contribution in [2.45, 2.75) is 6.42 Å². The second-order valence-corrected chi connectivity index (χ2v) is 3.75. The molecule has 0 saturated heterocycles. The molecule has 1 aromatic rings. The van der Waals surface area contributed by atoms with Gasteiger partial charge < -0.3 is 21.5 Å². The van der Waals surface area contributed by atoms with Gasteiger partial charge >= 0.3 is 6.03 Å². The number of urea groups is 1. The molecule has 0 aliphatic carbocycles. The van der Waals surface area contributed by atoms with Gasteiger partial charge in [0.25, 0.3) is 5.91 Å². The van der Waals surface area contributed by atoms with Gasteiger partial charge in [-0.2, -0.15) is 0 Å². The van der Waals surface area contributed by atoms with Crippen LogP contribution in [-0.4, -0.2) is 41.7 Å². The third kappa shape index (κ3) is 5.84. The molecule has 106 valence electrons. The number of nitrogens with one attached hydrogen (secondary N) is 2. The van der Waals surface area contributed by atoms with Crippen molar-refractivity contribution < 1.29 is 14.7 Å². The van der Waals surface area contributed by atoms with Crippen molar-refractivity contribution in [3.63, 3.8) is 0 Å². The van der Waals surface area contributed by atoms with Gasteiger partial charge in [0.1, 0.15) is 5.69 Å². The number of pyridine rings is 1. The summed E-state index contributed by atoms with van der Waals surface area (Å²) in [7, 11) is 0. The molecule has 3 amide bonds. The summed E-state index contributed by atoms with van der Waals surface area (Å²) < 4.78 is 0. The van der Waals surface area contributed by atoms with Crippen molar-refractivity contribution in [3.05, 3.63) is 29.6 Å². The maximum absolute atomic E-state index is 11.7. The maximum atomic E-state index is 11.7. The van der Waals surface area contributed by atoms with Crippen LogP contribution in [0, 0.1) is 11.8 Å². The van der Waals surface area contributed by atoms with E-state index in [1.165, 1.54) is 6.20 Å². The number of aliphatic hydroxyl groups excluding tert-OH is 1. The van der Waals surface area contributed by atoms with Gasteiger partial charge in [0.15, 0.2) is 0 Å². The molecular formula is C13H16N4O3. The number of hydrogen-bond acceptors (Lipinski definition) is 4. The van der Waals surface area contributed by atoms with Crippen molar-refractivity contribution >= 4 is 11.9 Å². The largest absolute Gasteiger partial charge is 0.395 e. The van der Waals surface area contributed by atoms with Crippen LogP contribution in [0.1, 0.15) is 22.5 Å². The van der Waals surface area contributed by atoms with Gasteiger partial charge in [-0.15, -0.1) is 0 Å². The van der Waals surface area contributed by atoms with Gasteiger partial charge in [-0.05, 0) is 12.1 Å². The highest BCUT2D eigenvalue weighted by Crippen LogP contribution is 1.98. The second-order valence-electron chi connectivity index (χ2n) is 3.75. The topological polar surface area (TPSA) is 117 Å². The van der Waals surface area contributed by atoms with Crippen molar-refractivity contribution in [1.82, 2.24) is 15.6 Å². The van der Waals surface area contributed by atoms with Gasteiger partial charge in [-0.3, -0.25) is 4.79 Å². The minimum Gasteiger partial charge on any atom is -0.395 e. The smallest absolute Gasteiger partial charge is 0.312 e. The molecular weight excluding hydrogens is 260 g/mol. The summed E-state index contributed by atoms with van der Waals surface area (Å²) in [5, 5.41) is 13.5. The van der Waals surface area contributed by atoms with E-state index in [2.05, 4.69) is 27.5 Å². The normalized spacial score (nSPS) is 9.25. The Morgan fingerprint density at radius 3 is 2.65 bits per heavy atom. The number of hydrogen-bond donors (Lipinski definition) is 4. The SMILES string of the molecule is NC(=O)NCCNC(=O)c1ccc(C#CCCO)cn1. The lowest BCUT2D eigenvalue weighted by Crippen LogP contribution is -2.37. The van der Waals surface area contributed by atoms with E-state index in [4.69, 9.17) is 10.8 Å². The molecule has 7 nitrogen and oxygen atoms in total. The highest BCUT2D eigenvalue weighted by Gasteiger charge is 2.05. The van der Waals surface area contributed by atoms with E-state index in [0.29, 0.717) is 12.0 Å². The zero-order valence-electron chi connectivity index (χ0n) is 10.8. The van der Waals surface area contributed by atoms with E-state index in [0.717, 1.165) is 0 Å². The first-order valence-corrected chi connectivity index (χ1v) is 6.00. The molecule has 1 heterocycles. The monoisotopic (exact) mass is 276 g/mol. The number of nitrogens with zero attached hydrogens (tertiary/aromatic N) is 1. The van der Waals surface area contributed by atoms with Crippen LogP contribution in [0.3, 0.4) is 0 Å². The number of carbonyl (C=O) groups is 2. The predicted molar refractivity (Wildman–Crippen MR) is 72.7 cm³/mol. The van der Waals surface area contributed by atoms with E-state index in [1.807, 2.05) is 0 Å². The first kappa shape index (κ1) is 15.5. The first-order valence-electron chi connectivity index (χ1n) is 6.00. The number of rotatable bonds is 5. The molecule has 0 spiro atoms. The van der Waals surface area contributed by atoms with Crippen LogP contribution in [0.25, 0.3) is 0 Å². The molecule has 0 fully saturated rings. The van der Waals surface area contributed by atoms with Crippen molar-refractivity contribution in [2.24, 2.45) is 5.73 Å². The Morgan fingerprint density at radius 2 is 2.05 bits per heavy atom. The third-order valence-electron chi connectivity index (χ3n) is 2.18. The van der Waals surface area contributed by atoms with Crippen molar-refractivity contribution in [1.29, 1.82) is 0 Å². The Kier molecular flexibility index (Phi) is 6.57. The van der Waals surface area contributed by atoms with Crippen molar-refractivity contribution in [2.75, 3.05) is 19.7 Å². The Morgan fingerprint density at radius 1 is 1.30 bits per heavy atom. The Balaban J connectivity index is 2.45. The lowest BCUT2D eigenvalue weighted by atomic mass is 10.2. The average molecular weight is 276 g/mol. The third-order valence-corrected chi connectivity index (χ3v) is 2.18. The van der Waals surface area contributed by atoms with Crippen LogP contribution in [0.5, 0.6) is 0 Å². The lowest BCUT2D eigenvalue weighted by Gasteiger charge is -2.04. The van der Waals surface area contributed by atoms with Gasteiger partial charge in [0.05, 0.1) is 6.61 Å². The molecule has 7 heteroatoms. The highest BCUT2D eigenvalue weighted by molar-refractivity contribution is 5.92. The highest BCUT2D eigenvalue weighted by atomic mass is 16.2. The van der Waals surface area contributed by atoms with Crippen LogP contribution in [0.15, 0.2) is 18.3 Å². The standard InChI is InChI=1S/C13H16N4O3/c14-13(20)16-7-6-15-12(19)11-5-4-10(9-17-11)3-1-2-8-18/h4-5,9,18H,2,6-8H2,(H,15,19)(H3,14,16,20).